The molecule has 13 heavy (non-hydrogen) atoms. The van der Waals surface area contributed by atoms with Gasteiger partial charge in [-0.2, -0.15) is 0 Å². The Kier molecular flexibility index (Phi) is 2.86. The molecule has 2 aliphatic rings. The summed E-state index contributed by atoms with van der Waals surface area (Å²) in [6.45, 7) is 6.02. The van der Waals surface area contributed by atoms with Crippen LogP contribution in [-0.2, 0) is 4.74 Å². The van der Waals surface area contributed by atoms with Crippen molar-refractivity contribution in [3.05, 3.63) is 0 Å². The highest BCUT2D eigenvalue weighted by Gasteiger charge is 2.33. The molecule has 3 nitrogen and oxygen atoms in total. The van der Waals surface area contributed by atoms with Crippen LogP contribution in [0.1, 0.15) is 19.8 Å². The van der Waals surface area contributed by atoms with Crippen LogP contribution >= 0.6 is 0 Å². The lowest BCUT2D eigenvalue weighted by atomic mass is 9.80. The molecule has 0 bridgehead atoms. The maximum Gasteiger partial charge on any atom is 0.0824 e. The third-order valence-corrected chi connectivity index (χ3v) is 3.30. The number of hydrogen-bond acceptors (Lipinski definition) is 3. The Morgan fingerprint density at radius 1 is 1.46 bits per heavy atom. The second kappa shape index (κ2) is 3.95. The maximum atomic E-state index is 5.60. The average molecular weight is 184 g/mol. The van der Waals surface area contributed by atoms with Crippen LogP contribution in [0.2, 0.25) is 0 Å². The fraction of sp³-hybridized carbons (Fsp3) is 1.00. The summed E-state index contributed by atoms with van der Waals surface area (Å²) in [5.74, 6) is 0.934. The largest absolute Gasteiger partial charge is 0.374 e. The van der Waals surface area contributed by atoms with Crippen molar-refractivity contribution in [2.75, 3.05) is 26.2 Å². The van der Waals surface area contributed by atoms with E-state index < -0.39 is 0 Å². The molecule has 1 aliphatic heterocycles. The van der Waals surface area contributed by atoms with Gasteiger partial charge in [-0.1, -0.05) is 6.92 Å². The molecule has 0 radical (unpaired) electrons. The number of morpholine rings is 1. The minimum absolute atomic E-state index is 0.282. The van der Waals surface area contributed by atoms with Gasteiger partial charge in [0.25, 0.3) is 0 Å². The van der Waals surface area contributed by atoms with Gasteiger partial charge in [0.1, 0.15) is 0 Å². The van der Waals surface area contributed by atoms with Crippen molar-refractivity contribution in [3.8, 4) is 0 Å². The Morgan fingerprint density at radius 3 is 2.85 bits per heavy atom. The lowest BCUT2D eigenvalue weighted by Crippen LogP contribution is -2.53. The van der Waals surface area contributed by atoms with Crippen molar-refractivity contribution in [1.29, 1.82) is 0 Å². The van der Waals surface area contributed by atoms with Gasteiger partial charge in [0.15, 0.2) is 0 Å². The van der Waals surface area contributed by atoms with Crippen LogP contribution in [0.15, 0.2) is 0 Å². The minimum atomic E-state index is 0.282. The van der Waals surface area contributed by atoms with E-state index in [0.717, 1.165) is 31.7 Å². The topological polar surface area (TPSA) is 38.5 Å². The first kappa shape index (κ1) is 9.44. The van der Waals surface area contributed by atoms with Crippen LogP contribution in [0.3, 0.4) is 0 Å². The molecule has 1 aliphatic carbocycles. The molecule has 0 aromatic rings. The Morgan fingerprint density at radius 2 is 2.23 bits per heavy atom. The van der Waals surface area contributed by atoms with E-state index in [1.807, 2.05) is 0 Å². The van der Waals surface area contributed by atoms with Crippen LogP contribution < -0.4 is 5.73 Å². The van der Waals surface area contributed by atoms with Gasteiger partial charge in [-0.3, -0.25) is 4.90 Å². The smallest absolute Gasteiger partial charge is 0.0824 e. The molecule has 0 aromatic carbocycles. The van der Waals surface area contributed by atoms with Gasteiger partial charge in [-0.15, -0.1) is 0 Å². The van der Waals surface area contributed by atoms with E-state index in [1.54, 1.807) is 0 Å². The van der Waals surface area contributed by atoms with Crippen molar-refractivity contribution < 1.29 is 4.74 Å². The molecule has 2 rings (SSSR count). The van der Waals surface area contributed by atoms with Gasteiger partial charge in [-0.05, 0) is 18.8 Å². The van der Waals surface area contributed by atoms with Gasteiger partial charge in [0.05, 0.1) is 12.7 Å². The molecule has 0 spiro atoms. The maximum absolute atomic E-state index is 5.60. The summed E-state index contributed by atoms with van der Waals surface area (Å²) in [4.78, 5) is 2.56. The Hall–Kier alpha value is -0.120. The average Bonchev–Trinajstić information content (AvgIpc) is 2.13. The number of hydrogen-bond donors (Lipinski definition) is 1. The van der Waals surface area contributed by atoms with Crippen LogP contribution in [0.25, 0.3) is 0 Å². The van der Waals surface area contributed by atoms with Gasteiger partial charge < -0.3 is 10.5 Å². The van der Waals surface area contributed by atoms with Crippen molar-refractivity contribution in [3.63, 3.8) is 0 Å². The van der Waals surface area contributed by atoms with Crippen LogP contribution in [-0.4, -0.2) is 43.3 Å². The summed E-state index contributed by atoms with van der Waals surface area (Å²) in [5.41, 5.74) is 5.60. The zero-order valence-electron chi connectivity index (χ0n) is 8.41. The molecule has 0 aromatic heterocycles. The highest BCUT2D eigenvalue weighted by Crippen LogP contribution is 2.31. The zero-order valence-corrected chi connectivity index (χ0v) is 8.41. The fourth-order valence-electron chi connectivity index (χ4n) is 2.37. The highest BCUT2D eigenvalue weighted by molar-refractivity contribution is 4.87. The van der Waals surface area contributed by atoms with Crippen molar-refractivity contribution in [2.24, 2.45) is 11.7 Å². The molecule has 1 saturated carbocycles. The van der Waals surface area contributed by atoms with E-state index in [0.29, 0.717) is 6.54 Å². The third kappa shape index (κ3) is 2.03. The van der Waals surface area contributed by atoms with Gasteiger partial charge in [-0.25, -0.2) is 0 Å². The standard InChI is InChI=1S/C10H20N2O/c1-8-4-9(5-8)12-2-3-13-10(6-11)7-12/h8-10H,2-7,11H2,1H3. The van der Waals surface area contributed by atoms with E-state index in [-0.39, 0.29) is 6.10 Å². The van der Waals surface area contributed by atoms with Crippen LogP contribution in [0, 0.1) is 5.92 Å². The molecular formula is C10H20N2O. The molecule has 0 amide bonds. The first-order valence-corrected chi connectivity index (χ1v) is 5.35. The number of nitrogens with two attached hydrogens (primary N) is 1. The summed E-state index contributed by atoms with van der Waals surface area (Å²) in [6.07, 6.45) is 3.03. The third-order valence-electron chi connectivity index (χ3n) is 3.30. The molecule has 1 atom stereocenters. The highest BCUT2D eigenvalue weighted by atomic mass is 16.5. The van der Waals surface area contributed by atoms with Gasteiger partial charge in [0.2, 0.25) is 0 Å². The van der Waals surface area contributed by atoms with Crippen molar-refractivity contribution in [2.45, 2.75) is 31.9 Å². The lowest BCUT2D eigenvalue weighted by molar-refractivity contribution is -0.0583. The SMILES string of the molecule is CC1CC(N2CCOC(CN)C2)C1. The summed E-state index contributed by atoms with van der Waals surface area (Å²) in [6, 6.07) is 0.827. The first-order chi connectivity index (χ1) is 6.29. The normalized spacial score (nSPS) is 41.5. The molecule has 2 fully saturated rings. The molecule has 3 heteroatoms. The molecule has 1 unspecified atom stereocenters. The van der Waals surface area contributed by atoms with E-state index in [2.05, 4.69) is 11.8 Å². The van der Waals surface area contributed by atoms with E-state index in [9.17, 15) is 0 Å². The van der Waals surface area contributed by atoms with E-state index in [4.69, 9.17) is 10.5 Å². The molecular weight excluding hydrogens is 164 g/mol. The van der Waals surface area contributed by atoms with E-state index in [1.165, 1.54) is 12.8 Å². The lowest BCUT2D eigenvalue weighted by Gasteiger charge is -2.45. The summed E-state index contributed by atoms with van der Waals surface area (Å²) < 4.78 is 5.54. The molecule has 76 valence electrons. The molecule has 1 saturated heterocycles. The van der Waals surface area contributed by atoms with Gasteiger partial charge >= 0.3 is 0 Å². The zero-order chi connectivity index (χ0) is 9.26. The summed E-state index contributed by atoms with van der Waals surface area (Å²) >= 11 is 0. The quantitative estimate of drug-likeness (QED) is 0.677. The second-order valence-corrected chi connectivity index (χ2v) is 4.45. The van der Waals surface area contributed by atoms with Crippen LogP contribution in [0.5, 0.6) is 0 Å². The minimum Gasteiger partial charge on any atom is -0.374 e. The van der Waals surface area contributed by atoms with Crippen LogP contribution in [0.4, 0.5) is 0 Å². The predicted molar refractivity (Wildman–Crippen MR) is 52.6 cm³/mol. The Balaban J connectivity index is 1.79. The Bertz CT molecular complexity index is 168. The second-order valence-electron chi connectivity index (χ2n) is 4.45. The number of rotatable bonds is 2. The molecule has 1 heterocycles. The summed E-state index contributed by atoms with van der Waals surface area (Å²) in [7, 11) is 0. The van der Waals surface area contributed by atoms with Crippen molar-refractivity contribution >= 4 is 0 Å². The first-order valence-electron chi connectivity index (χ1n) is 5.35. The predicted octanol–water partition coefficient (Wildman–Crippen LogP) is 0.444. The monoisotopic (exact) mass is 184 g/mol. The fourth-order valence-corrected chi connectivity index (χ4v) is 2.37. The van der Waals surface area contributed by atoms with Crippen molar-refractivity contribution in [1.82, 2.24) is 4.90 Å². The number of nitrogens with zero attached hydrogens (tertiary/aromatic N) is 1. The van der Waals surface area contributed by atoms with Gasteiger partial charge in [0, 0.05) is 25.7 Å². The Labute approximate surface area is 80.2 Å². The molecule has 2 N–H and O–H groups in total. The van der Waals surface area contributed by atoms with E-state index >= 15 is 0 Å². The number of ether oxygens (including phenoxy) is 1. The summed E-state index contributed by atoms with van der Waals surface area (Å²) in [5, 5.41) is 0.